The van der Waals surface area contributed by atoms with Crippen molar-refractivity contribution in [3.63, 3.8) is 0 Å². The maximum absolute atomic E-state index is 9.84. The van der Waals surface area contributed by atoms with Crippen LogP contribution in [0.3, 0.4) is 0 Å². The fourth-order valence-electron chi connectivity index (χ4n) is 4.69. The minimum Gasteiger partial charge on any atom is -0.393 e. The first-order valence-electron chi connectivity index (χ1n) is 11.4. The Hall–Kier alpha value is -2.14. The van der Waals surface area contributed by atoms with Gasteiger partial charge in [-0.3, -0.25) is 0 Å². The Labute approximate surface area is 174 Å². The molecule has 2 aliphatic rings. The normalized spacial score (nSPS) is 23.0. The van der Waals surface area contributed by atoms with Gasteiger partial charge in [-0.15, -0.1) is 0 Å². The molecule has 0 aliphatic heterocycles. The van der Waals surface area contributed by atoms with Gasteiger partial charge in [0.25, 0.3) is 0 Å². The third-order valence-electron chi connectivity index (χ3n) is 6.49. The molecule has 2 aliphatic carbocycles. The molecule has 5 nitrogen and oxygen atoms in total. The predicted octanol–water partition coefficient (Wildman–Crippen LogP) is 5.55. The molecule has 0 unspecified atom stereocenters. The highest BCUT2D eigenvalue weighted by atomic mass is 16.3. The Bertz CT molecular complexity index is 795. The first-order chi connectivity index (χ1) is 14.2. The van der Waals surface area contributed by atoms with Crippen molar-refractivity contribution in [3.8, 4) is 0 Å². The summed E-state index contributed by atoms with van der Waals surface area (Å²) in [7, 11) is 0. The van der Waals surface area contributed by atoms with Crippen molar-refractivity contribution < 1.29 is 5.11 Å². The second-order valence-corrected chi connectivity index (χ2v) is 8.66. The molecule has 2 aromatic rings. The van der Waals surface area contributed by atoms with Crippen molar-refractivity contribution in [3.05, 3.63) is 41.6 Å². The molecule has 5 heteroatoms. The van der Waals surface area contributed by atoms with Crippen LogP contribution in [-0.2, 0) is 6.42 Å². The average molecular weight is 395 g/mol. The summed E-state index contributed by atoms with van der Waals surface area (Å²) in [4.78, 5) is 9.58. The van der Waals surface area contributed by atoms with Crippen molar-refractivity contribution in [1.82, 2.24) is 9.97 Å². The first-order valence-corrected chi connectivity index (χ1v) is 11.4. The molecule has 0 bridgehead atoms. The molecule has 1 heterocycles. The Kier molecular flexibility index (Phi) is 6.65. The Morgan fingerprint density at radius 3 is 2.59 bits per heavy atom. The van der Waals surface area contributed by atoms with Gasteiger partial charge in [0.05, 0.1) is 6.10 Å². The van der Waals surface area contributed by atoms with Crippen LogP contribution in [0.15, 0.2) is 30.5 Å². The third kappa shape index (κ3) is 5.27. The van der Waals surface area contributed by atoms with Crippen LogP contribution in [-0.4, -0.2) is 27.2 Å². The number of nitrogens with zero attached hydrogens (tertiary/aromatic N) is 2. The SMILES string of the molecule is CCc1cccc(Nc2ncc(C3CCCCC3)c(NC3CCC(O)CC3)n2)c1. The van der Waals surface area contributed by atoms with Gasteiger partial charge in [-0.05, 0) is 68.6 Å². The zero-order chi connectivity index (χ0) is 20.1. The summed E-state index contributed by atoms with van der Waals surface area (Å²) < 4.78 is 0. The molecule has 4 rings (SSSR count). The van der Waals surface area contributed by atoms with E-state index >= 15 is 0 Å². The zero-order valence-corrected chi connectivity index (χ0v) is 17.5. The second kappa shape index (κ2) is 9.57. The van der Waals surface area contributed by atoms with Crippen molar-refractivity contribution in [1.29, 1.82) is 0 Å². The lowest BCUT2D eigenvalue weighted by Crippen LogP contribution is -2.29. The predicted molar refractivity (Wildman–Crippen MR) is 119 cm³/mol. The lowest BCUT2D eigenvalue weighted by molar-refractivity contribution is 0.126. The summed E-state index contributed by atoms with van der Waals surface area (Å²) in [6.07, 6.45) is 13.0. The van der Waals surface area contributed by atoms with Crippen LogP contribution in [0.5, 0.6) is 0 Å². The van der Waals surface area contributed by atoms with Gasteiger partial charge in [0.15, 0.2) is 0 Å². The number of rotatable bonds is 6. The molecule has 2 saturated carbocycles. The summed E-state index contributed by atoms with van der Waals surface area (Å²) in [5, 5.41) is 16.9. The minimum absolute atomic E-state index is 0.140. The van der Waals surface area contributed by atoms with Gasteiger partial charge in [-0.25, -0.2) is 4.98 Å². The van der Waals surface area contributed by atoms with E-state index in [4.69, 9.17) is 4.98 Å². The Morgan fingerprint density at radius 2 is 1.83 bits per heavy atom. The number of anilines is 3. The van der Waals surface area contributed by atoms with E-state index in [1.165, 1.54) is 43.2 Å². The highest BCUT2D eigenvalue weighted by molar-refractivity contribution is 5.57. The number of hydrogen-bond donors (Lipinski definition) is 3. The van der Waals surface area contributed by atoms with Crippen LogP contribution in [0.1, 0.15) is 81.8 Å². The maximum atomic E-state index is 9.84. The molecule has 1 aromatic heterocycles. The molecule has 0 amide bonds. The maximum Gasteiger partial charge on any atom is 0.229 e. The standard InChI is InChI=1S/C24H34N4O/c1-2-17-7-6-10-20(15-17)27-24-25-16-22(18-8-4-3-5-9-18)23(28-24)26-19-11-13-21(29)14-12-19/h6-7,10,15-16,18-19,21,29H,2-5,8-9,11-14H2,1H3,(H2,25,26,27,28). The Balaban J connectivity index is 1.56. The van der Waals surface area contributed by atoms with E-state index in [1.807, 2.05) is 6.20 Å². The molecule has 2 fully saturated rings. The smallest absolute Gasteiger partial charge is 0.229 e. The Morgan fingerprint density at radius 1 is 1.03 bits per heavy atom. The molecule has 0 saturated heterocycles. The second-order valence-electron chi connectivity index (χ2n) is 8.66. The monoisotopic (exact) mass is 394 g/mol. The topological polar surface area (TPSA) is 70.1 Å². The number of benzene rings is 1. The number of aliphatic hydroxyl groups is 1. The molecular formula is C24H34N4O. The van der Waals surface area contributed by atoms with E-state index in [9.17, 15) is 5.11 Å². The summed E-state index contributed by atoms with van der Waals surface area (Å²) in [6.45, 7) is 2.16. The molecule has 0 radical (unpaired) electrons. The summed E-state index contributed by atoms with van der Waals surface area (Å²) in [6, 6.07) is 8.82. The quantitative estimate of drug-likeness (QED) is 0.599. The van der Waals surface area contributed by atoms with Gasteiger partial charge in [-0.1, -0.05) is 38.3 Å². The van der Waals surface area contributed by atoms with Crippen LogP contribution in [0.25, 0.3) is 0 Å². The van der Waals surface area contributed by atoms with Gasteiger partial charge in [0.2, 0.25) is 5.95 Å². The van der Waals surface area contributed by atoms with E-state index < -0.39 is 0 Å². The number of hydrogen-bond acceptors (Lipinski definition) is 5. The van der Waals surface area contributed by atoms with Gasteiger partial charge in [0, 0.05) is 23.5 Å². The molecular weight excluding hydrogens is 360 g/mol. The van der Waals surface area contributed by atoms with E-state index in [0.717, 1.165) is 43.6 Å². The number of aliphatic hydroxyl groups excluding tert-OH is 1. The zero-order valence-electron chi connectivity index (χ0n) is 17.5. The highest BCUT2D eigenvalue weighted by Gasteiger charge is 2.24. The van der Waals surface area contributed by atoms with Crippen molar-refractivity contribution in [2.45, 2.75) is 89.2 Å². The summed E-state index contributed by atoms with van der Waals surface area (Å²) in [5.74, 6) is 2.19. The largest absolute Gasteiger partial charge is 0.393 e. The fraction of sp³-hybridized carbons (Fsp3) is 0.583. The van der Waals surface area contributed by atoms with Crippen LogP contribution in [0.2, 0.25) is 0 Å². The molecule has 1 aromatic carbocycles. The lowest BCUT2D eigenvalue weighted by atomic mass is 9.84. The first kappa shape index (κ1) is 20.1. The molecule has 156 valence electrons. The van der Waals surface area contributed by atoms with Gasteiger partial charge >= 0.3 is 0 Å². The lowest BCUT2D eigenvalue weighted by Gasteiger charge is -2.29. The van der Waals surface area contributed by atoms with Gasteiger partial charge < -0.3 is 15.7 Å². The highest BCUT2D eigenvalue weighted by Crippen LogP contribution is 2.37. The van der Waals surface area contributed by atoms with E-state index in [0.29, 0.717) is 17.9 Å². The third-order valence-corrected chi connectivity index (χ3v) is 6.49. The van der Waals surface area contributed by atoms with Crippen LogP contribution in [0.4, 0.5) is 17.5 Å². The summed E-state index contributed by atoms with van der Waals surface area (Å²) >= 11 is 0. The minimum atomic E-state index is -0.140. The van der Waals surface area contributed by atoms with Gasteiger partial charge in [0.1, 0.15) is 5.82 Å². The number of nitrogens with one attached hydrogen (secondary N) is 2. The number of aromatic nitrogens is 2. The molecule has 29 heavy (non-hydrogen) atoms. The fourth-order valence-corrected chi connectivity index (χ4v) is 4.69. The molecule has 0 spiro atoms. The van der Waals surface area contributed by atoms with Crippen molar-refractivity contribution in [2.24, 2.45) is 0 Å². The average Bonchev–Trinajstić information content (AvgIpc) is 2.76. The van der Waals surface area contributed by atoms with E-state index in [2.05, 4.69) is 46.8 Å². The van der Waals surface area contributed by atoms with Gasteiger partial charge in [-0.2, -0.15) is 4.98 Å². The van der Waals surface area contributed by atoms with Crippen LogP contribution >= 0.6 is 0 Å². The summed E-state index contributed by atoms with van der Waals surface area (Å²) in [5.41, 5.74) is 3.60. The van der Waals surface area contributed by atoms with Crippen molar-refractivity contribution in [2.75, 3.05) is 10.6 Å². The molecule has 0 atom stereocenters. The number of aryl methyl sites for hydroxylation is 1. The van der Waals surface area contributed by atoms with E-state index in [1.54, 1.807) is 0 Å². The van der Waals surface area contributed by atoms with Crippen molar-refractivity contribution >= 4 is 17.5 Å². The van der Waals surface area contributed by atoms with E-state index in [-0.39, 0.29) is 6.10 Å². The molecule has 3 N–H and O–H groups in total. The van der Waals surface area contributed by atoms with Crippen LogP contribution < -0.4 is 10.6 Å². The van der Waals surface area contributed by atoms with Crippen LogP contribution in [0, 0.1) is 0 Å².